The zero-order valence-electron chi connectivity index (χ0n) is 17.3. The van der Waals surface area contributed by atoms with E-state index in [-0.39, 0.29) is 42.3 Å². The highest BCUT2D eigenvalue weighted by atomic mass is 32.2. The van der Waals surface area contributed by atoms with Crippen LogP contribution in [-0.2, 0) is 13.6 Å². The molecule has 1 aromatic carbocycles. The lowest BCUT2D eigenvalue weighted by Crippen LogP contribution is -2.06. The summed E-state index contributed by atoms with van der Waals surface area (Å²) in [6, 6.07) is -1.34. The normalized spacial score (nSPS) is 13.5. The first-order valence-corrected chi connectivity index (χ1v) is 8.88. The zero-order valence-corrected chi connectivity index (χ0v) is 14.9. The highest BCUT2D eigenvalue weighted by Gasteiger charge is 2.17. The topological polar surface area (TPSA) is 120 Å². The molecule has 0 saturated heterocycles. The van der Waals surface area contributed by atoms with Gasteiger partial charge in [0.15, 0.2) is 5.16 Å². The van der Waals surface area contributed by atoms with Crippen molar-refractivity contribution in [2.24, 2.45) is 7.05 Å². The van der Waals surface area contributed by atoms with Crippen LogP contribution in [0.25, 0.3) is 11.0 Å². The molecule has 0 aliphatic rings. The maximum Gasteiger partial charge on any atom is 0.215 e. The molecule has 4 aromatic rings. The Morgan fingerprint density at radius 1 is 1.08 bits per heavy atom. The Morgan fingerprint density at radius 3 is 2.38 bits per heavy atom. The van der Waals surface area contributed by atoms with E-state index in [0.29, 0.717) is 20.4 Å². The predicted octanol–water partition coefficient (Wildman–Crippen LogP) is 1.04. The molecule has 3 aromatic heterocycles. The monoisotopic (exact) mass is 391 g/mol. The molecule has 12 heteroatoms. The molecule has 0 saturated carbocycles. The van der Waals surface area contributed by atoms with Crippen molar-refractivity contribution in [1.29, 1.82) is 0 Å². The van der Waals surface area contributed by atoms with E-state index in [0.717, 1.165) is 23.5 Å². The van der Waals surface area contributed by atoms with E-state index >= 15 is 0 Å². The average Bonchev–Trinajstić information content (AvgIpc) is 3.34. The van der Waals surface area contributed by atoms with Crippen LogP contribution in [0.5, 0.6) is 0 Å². The van der Waals surface area contributed by atoms with Crippen LogP contribution in [0.15, 0.2) is 50.9 Å². The van der Waals surface area contributed by atoms with Gasteiger partial charge in [-0.15, -0.1) is 15.3 Å². The van der Waals surface area contributed by atoms with Crippen LogP contribution in [0, 0.1) is 0 Å². The number of fused-ring (bicyclic) bond motifs is 1. The summed E-state index contributed by atoms with van der Waals surface area (Å²) in [4.78, 5) is 8.93. The number of aliphatic hydroxyl groups is 1. The van der Waals surface area contributed by atoms with Crippen molar-refractivity contribution in [3.05, 3.63) is 30.5 Å². The highest BCUT2D eigenvalue weighted by molar-refractivity contribution is 8.02. The first-order valence-electron chi connectivity index (χ1n) is 9.25. The summed E-state index contributed by atoms with van der Waals surface area (Å²) in [5, 5.41) is 29.9. The average molecular weight is 391 g/mol. The van der Waals surface area contributed by atoms with Gasteiger partial charge in [0.1, 0.15) is 16.4 Å². The van der Waals surface area contributed by atoms with Crippen molar-refractivity contribution in [3.8, 4) is 0 Å². The molecule has 4 rings (SSSR count). The number of tetrazole rings is 1. The fourth-order valence-corrected chi connectivity index (χ4v) is 3.66. The van der Waals surface area contributed by atoms with Crippen molar-refractivity contribution in [1.82, 2.24) is 44.9 Å². The fraction of sp³-hybridized carbons (Fsp3) is 0.214. The van der Waals surface area contributed by atoms with E-state index in [9.17, 15) is 5.11 Å². The highest BCUT2D eigenvalue weighted by Crippen LogP contribution is 2.35. The van der Waals surface area contributed by atoms with Gasteiger partial charge in [0.25, 0.3) is 0 Å². The van der Waals surface area contributed by atoms with Crippen molar-refractivity contribution in [2.75, 3.05) is 6.61 Å². The van der Waals surface area contributed by atoms with Gasteiger partial charge in [-0.05, 0) is 46.0 Å². The predicted molar refractivity (Wildman–Crippen MR) is 93.7 cm³/mol. The lowest BCUT2D eigenvalue weighted by atomic mass is 10.3. The quantitative estimate of drug-likeness (QED) is 0.510. The van der Waals surface area contributed by atoms with Gasteiger partial charge in [-0.2, -0.15) is 0 Å². The second kappa shape index (κ2) is 7.35. The molecule has 0 fully saturated rings. The molecule has 0 atom stereocenters. The van der Waals surface area contributed by atoms with Gasteiger partial charge in [0.2, 0.25) is 5.16 Å². The van der Waals surface area contributed by atoms with E-state index < -0.39 is 6.04 Å². The Morgan fingerprint density at radius 2 is 1.77 bits per heavy atom. The summed E-state index contributed by atoms with van der Waals surface area (Å²) in [5.41, 5.74) is 0.0805. The Bertz CT molecular complexity index is 1250. The first kappa shape index (κ1) is 12.7. The number of hydrogen-bond donors (Lipinski definition) is 1. The van der Waals surface area contributed by atoms with E-state index in [2.05, 4.69) is 35.7 Å². The molecule has 0 aliphatic heterocycles. The molecule has 10 nitrogen and oxygen atoms in total. The van der Waals surface area contributed by atoms with Crippen LogP contribution >= 0.6 is 23.5 Å². The van der Waals surface area contributed by atoms with Gasteiger partial charge in [0, 0.05) is 7.05 Å². The first-order chi connectivity index (χ1) is 14.4. The lowest BCUT2D eigenvalue weighted by Gasteiger charge is -2.08. The number of aliphatic hydroxyl groups excluding tert-OH is 1. The standard InChI is InChI=1S/C14H13N9OS2/c1-22-8-15-18-13(22)25-11-12(17-10-5-3-2-4-9(10)16-11)26-14-19-20-21-23(14)6-7-24/h2-5,8,24H,6-7H2,1H3/i2D,3D,4D,5D. The van der Waals surface area contributed by atoms with Gasteiger partial charge in [-0.25, -0.2) is 14.6 Å². The lowest BCUT2D eigenvalue weighted by molar-refractivity contribution is 0.262. The number of hydrogen-bond acceptors (Lipinski definition) is 10. The van der Waals surface area contributed by atoms with Crippen molar-refractivity contribution < 1.29 is 10.6 Å². The van der Waals surface area contributed by atoms with E-state index in [4.69, 9.17) is 5.48 Å². The zero-order chi connectivity index (χ0) is 21.4. The van der Waals surface area contributed by atoms with Crippen LogP contribution in [-0.4, -0.2) is 56.7 Å². The van der Waals surface area contributed by atoms with Gasteiger partial charge in [-0.3, -0.25) is 0 Å². The molecule has 0 aliphatic carbocycles. The van der Waals surface area contributed by atoms with Crippen LogP contribution in [0.2, 0.25) is 0 Å². The maximum atomic E-state index is 9.19. The Labute approximate surface area is 161 Å². The third-order valence-electron chi connectivity index (χ3n) is 3.11. The molecule has 1 N–H and O–H groups in total. The van der Waals surface area contributed by atoms with Gasteiger partial charge in [-0.1, -0.05) is 12.1 Å². The number of aromatic nitrogens is 9. The SMILES string of the molecule is [2H]c1c([2H])c([2H])c2nc(Sc3nnnn3CCO)c(Sc3nncn3C)nc2c1[2H]. The molecular formula is C14H13N9OS2. The summed E-state index contributed by atoms with van der Waals surface area (Å²) >= 11 is 2.21. The summed E-state index contributed by atoms with van der Waals surface area (Å²) in [6.45, 7) is 0.0256. The Balaban J connectivity index is 1.90. The fourth-order valence-electron chi connectivity index (χ4n) is 1.94. The summed E-state index contributed by atoms with van der Waals surface area (Å²) < 4.78 is 35.2. The van der Waals surface area contributed by atoms with Crippen LogP contribution in [0.4, 0.5) is 0 Å². The number of rotatable bonds is 6. The van der Waals surface area contributed by atoms with Crippen LogP contribution in [0.3, 0.4) is 0 Å². The van der Waals surface area contributed by atoms with Crippen molar-refractivity contribution in [2.45, 2.75) is 26.9 Å². The summed E-state index contributed by atoms with van der Waals surface area (Å²) in [5.74, 6) is 0. The molecule has 0 radical (unpaired) electrons. The molecular weight excluding hydrogens is 374 g/mol. The largest absolute Gasteiger partial charge is 0.394 e. The third kappa shape index (κ3) is 3.38. The number of aryl methyl sites for hydroxylation is 1. The van der Waals surface area contributed by atoms with Crippen LogP contribution < -0.4 is 0 Å². The molecule has 0 unspecified atom stereocenters. The summed E-state index contributed by atoms with van der Waals surface area (Å²) in [6.07, 6.45) is 1.53. The number of para-hydroxylation sites is 2. The van der Waals surface area contributed by atoms with Gasteiger partial charge in [0.05, 0.1) is 29.7 Å². The molecule has 0 spiro atoms. The van der Waals surface area contributed by atoms with Gasteiger partial charge < -0.3 is 9.67 Å². The molecule has 3 heterocycles. The van der Waals surface area contributed by atoms with E-state index in [1.165, 1.54) is 11.0 Å². The number of nitrogens with zero attached hydrogens (tertiary/aromatic N) is 9. The minimum Gasteiger partial charge on any atom is -0.394 e. The van der Waals surface area contributed by atoms with Crippen molar-refractivity contribution in [3.63, 3.8) is 0 Å². The minimum absolute atomic E-state index is 0.0343. The second-order valence-electron chi connectivity index (χ2n) is 4.87. The number of benzene rings is 1. The second-order valence-corrected chi connectivity index (χ2v) is 6.78. The Kier molecular flexibility index (Phi) is 3.60. The summed E-state index contributed by atoms with van der Waals surface area (Å²) in [7, 11) is 1.76. The van der Waals surface area contributed by atoms with E-state index in [1.807, 2.05) is 0 Å². The smallest absolute Gasteiger partial charge is 0.215 e. The molecule has 26 heavy (non-hydrogen) atoms. The maximum absolute atomic E-state index is 9.19. The molecule has 0 amide bonds. The van der Waals surface area contributed by atoms with E-state index in [1.54, 1.807) is 11.6 Å². The molecule has 0 bridgehead atoms. The third-order valence-corrected chi connectivity index (χ3v) is 5.23. The van der Waals surface area contributed by atoms with Crippen LogP contribution in [0.1, 0.15) is 5.48 Å². The van der Waals surface area contributed by atoms with Crippen molar-refractivity contribution >= 4 is 34.6 Å². The Hall–Kier alpha value is -2.57. The minimum atomic E-state index is -0.392. The molecule has 132 valence electrons. The van der Waals surface area contributed by atoms with Gasteiger partial charge >= 0.3 is 0 Å².